The lowest BCUT2D eigenvalue weighted by Crippen LogP contribution is -2.08. The van der Waals surface area contributed by atoms with Gasteiger partial charge in [0, 0.05) is 0 Å². The molecule has 2 aromatic carbocycles. The smallest absolute Gasteiger partial charge is 0.343 e. The molecule has 3 heteroatoms. The molecule has 0 aliphatic rings. The fourth-order valence-electron chi connectivity index (χ4n) is 1.45. The maximum absolute atomic E-state index is 11.7. The molecule has 0 spiro atoms. The van der Waals surface area contributed by atoms with Crippen LogP contribution in [-0.2, 0) is 6.61 Å². The Bertz CT molecular complexity index is 506. The highest BCUT2D eigenvalue weighted by Gasteiger charge is 2.07. The summed E-state index contributed by atoms with van der Waals surface area (Å²) >= 11 is 0. The van der Waals surface area contributed by atoms with Crippen molar-refractivity contribution in [1.82, 2.24) is 0 Å². The van der Waals surface area contributed by atoms with E-state index >= 15 is 0 Å². The molecule has 3 nitrogen and oxygen atoms in total. The van der Waals surface area contributed by atoms with Gasteiger partial charge >= 0.3 is 5.97 Å². The van der Waals surface area contributed by atoms with Crippen LogP contribution in [0, 0.1) is 0 Å². The lowest BCUT2D eigenvalue weighted by Gasteiger charge is -2.05. The van der Waals surface area contributed by atoms with Gasteiger partial charge in [0.2, 0.25) is 0 Å². The molecule has 0 heterocycles. The van der Waals surface area contributed by atoms with Crippen molar-refractivity contribution >= 4 is 5.97 Å². The van der Waals surface area contributed by atoms with Crippen molar-refractivity contribution in [2.75, 3.05) is 0 Å². The summed E-state index contributed by atoms with van der Waals surface area (Å²) in [4.78, 5) is 11.7. The molecule has 0 unspecified atom stereocenters. The van der Waals surface area contributed by atoms with E-state index in [0.29, 0.717) is 16.9 Å². The summed E-state index contributed by atoms with van der Waals surface area (Å²) in [6, 6.07) is 15.6. The lowest BCUT2D eigenvalue weighted by atomic mass is 10.2. The first-order chi connectivity index (χ1) is 8.29. The van der Waals surface area contributed by atoms with Crippen LogP contribution in [0.25, 0.3) is 0 Å². The second kappa shape index (κ2) is 5.27. The van der Waals surface area contributed by atoms with Gasteiger partial charge in [-0.25, -0.2) is 4.79 Å². The summed E-state index contributed by atoms with van der Waals surface area (Å²) in [5.74, 6) is 0.0334. The molecule has 0 saturated carbocycles. The van der Waals surface area contributed by atoms with E-state index in [1.165, 1.54) is 0 Å². The molecule has 0 amide bonds. The first-order valence-electron chi connectivity index (χ1n) is 5.26. The Balaban J connectivity index is 2.13. The van der Waals surface area contributed by atoms with E-state index in [0.717, 1.165) is 0 Å². The highest BCUT2D eigenvalue weighted by Crippen LogP contribution is 2.15. The summed E-state index contributed by atoms with van der Waals surface area (Å²) < 4.78 is 5.19. The Morgan fingerprint density at radius 1 is 1.06 bits per heavy atom. The minimum Gasteiger partial charge on any atom is -0.423 e. The number of esters is 1. The number of aliphatic hydroxyl groups excluding tert-OH is 1. The van der Waals surface area contributed by atoms with E-state index in [9.17, 15) is 4.79 Å². The van der Waals surface area contributed by atoms with Crippen LogP contribution in [0.2, 0.25) is 0 Å². The van der Waals surface area contributed by atoms with Crippen LogP contribution < -0.4 is 4.74 Å². The Hall–Kier alpha value is -2.13. The van der Waals surface area contributed by atoms with Crippen LogP contribution >= 0.6 is 0 Å². The Kier molecular flexibility index (Phi) is 3.52. The molecular weight excluding hydrogens is 216 g/mol. The Morgan fingerprint density at radius 2 is 1.82 bits per heavy atom. The van der Waals surface area contributed by atoms with Gasteiger partial charge in [0.15, 0.2) is 0 Å². The van der Waals surface area contributed by atoms with Gasteiger partial charge in [0.1, 0.15) is 5.75 Å². The largest absolute Gasteiger partial charge is 0.423 e. The average Bonchev–Trinajstić information content (AvgIpc) is 2.40. The van der Waals surface area contributed by atoms with Gasteiger partial charge in [-0.05, 0) is 29.8 Å². The number of carbonyl (C=O) groups is 1. The lowest BCUT2D eigenvalue weighted by molar-refractivity contribution is 0.0734. The molecule has 0 saturated heterocycles. The van der Waals surface area contributed by atoms with E-state index < -0.39 is 5.97 Å². The number of carbonyl (C=O) groups excluding carboxylic acids is 1. The minimum absolute atomic E-state index is 0.0727. The highest BCUT2D eigenvalue weighted by atomic mass is 16.5. The average molecular weight is 228 g/mol. The Morgan fingerprint density at radius 3 is 2.53 bits per heavy atom. The van der Waals surface area contributed by atoms with Gasteiger partial charge in [-0.2, -0.15) is 0 Å². The van der Waals surface area contributed by atoms with Gasteiger partial charge in [-0.3, -0.25) is 0 Å². The quantitative estimate of drug-likeness (QED) is 0.648. The van der Waals surface area contributed by atoms with Crippen LogP contribution in [-0.4, -0.2) is 11.1 Å². The van der Waals surface area contributed by atoms with Crippen molar-refractivity contribution in [2.24, 2.45) is 0 Å². The molecule has 0 aromatic heterocycles. The second-order valence-electron chi connectivity index (χ2n) is 3.56. The van der Waals surface area contributed by atoms with Gasteiger partial charge < -0.3 is 9.84 Å². The van der Waals surface area contributed by atoms with Gasteiger partial charge in [0.05, 0.1) is 12.2 Å². The molecule has 0 fully saturated rings. The van der Waals surface area contributed by atoms with Gasteiger partial charge in [-0.15, -0.1) is 0 Å². The summed E-state index contributed by atoms with van der Waals surface area (Å²) in [6.07, 6.45) is 0. The van der Waals surface area contributed by atoms with Crippen LogP contribution in [0.4, 0.5) is 0 Å². The molecule has 86 valence electrons. The monoisotopic (exact) mass is 228 g/mol. The first kappa shape index (κ1) is 11.4. The first-order valence-corrected chi connectivity index (χ1v) is 5.26. The van der Waals surface area contributed by atoms with Crippen LogP contribution in [0.5, 0.6) is 5.75 Å². The van der Waals surface area contributed by atoms with E-state index in [2.05, 4.69) is 0 Å². The molecule has 2 rings (SSSR count). The highest BCUT2D eigenvalue weighted by molar-refractivity contribution is 5.90. The molecule has 0 radical (unpaired) electrons. The van der Waals surface area contributed by atoms with Crippen LogP contribution in [0.3, 0.4) is 0 Å². The van der Waals surface area contributed by atoms with Crippen LogP contribution in [0.15, 0.2) is 54.6 Å². The molecule has 2 aromatic rings. The Labute approximate surface area is 99.3 Å². The van der Waals surface area contributed by atoms with Crippen molar-refractivity contribution < 1.29 is 14.6 Å². The molecule has 17 heavy (non-hydrogen) atoms. The minimum atomic E-state index is -0.402. The predicted octanol–water partition coefficient (Wildman–Crippen LogP) is 2.40. The molecular formula is C14H12O3. The van der Waals surface area contributed by atoms with E-state index in [1.807, 2.05) is 6.07 Å². The number of ether oxygens (including phenoxy) is 1. The summed E-state index contributed by atoms with van der Waals surface area (Å²) in [5.41, 5.74) is 1.21. The maximum Gasteiger partial charge on any atom is 0.343 e. The summed E-state index contributed by atoms with van der Waals surface area (Å²) in [5, 5.41) is 8.97. The summed E-state index contributed by atoms with van der Waals surface area (Å²) in [7, 11) is 0. The number of aliphatic hydroxyl groups is 1. The van der Waals surface area contributed by atoms with Crippen molar-refractivity contribution in [3.05, 3.63) is 65.7 Å². The number of hydrogen-bond donors (Lipinski definition) is 1. The topological polar surface area (TPSA) is 46.5 Å². The van der Waals surface area contributed by atoms with E-state index in [1.54, 1.807) is 48.5 Å². The normalized spacial score (nSPS) is 9.94. The zero-order valence-corrected chi connectivity index (χ0v) is 9.17. The fraction of sp³-hybridized carbons (Fsp3) is 0.0714. The third-order valence-electron chi connectivity index (χ3n) is 2.30. The molecule has 0 aliphatic carbocycles. The molecule has 0 atom stereocenters. The fourth-order valence-corrected chi connectivity index (χ4v) is 1.45. The molecule has 0 aliphatic heterocycles. The molecule has 1 N–H and O–H groups in total. The van der Waals surface area contributed by atoms with Crippen molar-refractivity contribution in [3.63, 3.8) is 0 Å². The van der Waals surface area contributed by atoms with E-state index in [4.69, 9.17) is 9.84 Å². The van der Waals surface area contributed by atoms with Crippen molar-refractivity contribution in [3.8, 4) is 5.75 Å². The number of rotatable bonds is 3. The SMILES string of the molecule is O=C(Oc1cccc(CO)c1)c1ccccc1. The number of benzene rings is 2. The third kappa shape index (κ3) is 2.92. The van der Waals surface area contributed by atoms with E-state index in [-0.39, 0.29) is 6.61 Å². The maximum atomic E-state index is 11.7. The summed E-state index contributed by atoms with van der Waals surface area (Å²) in [6.45, 7) is -0.0727. The molecule has 0 bridgehead atoms. The van der Waals surface area contributed by atoms with Gasteiger partial charge in [0.25, 0.3) is 0 Å². The van der Waals surface area contributed by atoms with Gasteiger partial charge in [-0.1, -0.05) is 30.3 Å². The van der Waals surface area contributed by atoms with Crippen LogP contribution in [0.1, 0.15) is 15.9 Å². The standard InChI is InChI=1S/C14H12O3/c15-10-11-5-4-8-13(9-11)17-14(16)12-6-2-1-3-7-12/h1-9,15H,10H2. The number of hydrogen-bond acceptors (Lipinski definition) is 3. The third-order valence-corrected chi connectivity index (χ3v) is 2.30. The second-order valence-corrected chi connectivity index (χ2v) is 3.56. The zero-order valence-electron chi connectivity index (χ0n) is 9.17. The predicted molar refractivity (Wildman–Crippen MR) is 63.8 cm³/mol. The zero-order chi connectivity index (χ0) is 12.1. The van der Waals surface area contributed by atoms with Crippen molar-refractivity contribution in [1.29, 1.82) is 0 Å². The van der Waals surface area contributed by atoms with Crippen molar-refractivity contribution in [2.45, 2.75) is 6.61 Å².